The first-order valence-electron chi connectivity index (χ1n) is 8.57. The summed E-state index contributed by atoms with van der Waals surface area (Å²) in [5.41, 5.74) is 2.16. The molecule has 0 N–H and O–H groups in total. The van der Waals surface area contributed by atoms with Crippen molar-refractivity contribution in [1.82, 2.24) is 14.3 Å². The third-order valence-electron chi connectivity index (χ3n) is 4.64. The number of carbonyl (C=O) groups excluding carboxylic acids is 1. The van der Waals surface area contributed by atoms with Gasteiger partial charge in [0.05, 0.1) is 5.52 Å². The number of nitrogens with zero attached hydrogens (tertiary/aromatic N) is 3. The molecule has 1 saturated heterocycles. The fourth-order valence-electron chi connectivity index (χ4n) is 3.34. The third kappa shape index (κ3) is 2.99. The van der Waals surface area contributed by atoms with Gasteiger partial charge in [0.2, 0.25) is 0 Å². The molecule has 3 aromatic rings. The maximum Gasteiger partial charge on any atom is 0.358 e. The summed E-state index contributed by atoms with van der Waals surface area (Å²) in [6.45, 7) is 3.45. The molecular weight excluding hydrogens is 302 g/mol. The number of fused-ring (bicyclic) bond motifs is 3. The number of likely N-dealkylation sites (tertiary alicyclic amines) is 1. The number of hydrogen-bond donors (Lipinski definition) is 0. The highest BCUT2D eigenvalue weighted by atomic mass is 16.5. The second kappa shape index (κ2) is 6.61. The molecule has 0 radical (unpaired) electrons. The number of piperidine rings is 1. The van der Waals surface area contributed by atoms with Gasteiger partial charge < -0.3 is 4.74 Å². The quantitative estimate of drug-likeness (QED) is 0.692. The summed E-state index contributed by atoms with van der Waals surface area (Å²) >= 11 is 0. The minimum absolute atomic E-state index is 0.347. The summed E-state index contributed by atoms with van der Waals surface area (Å²) in [6.07, 6.45) is 5.56. The number of hydrogen-bond acceptors (Lipinski definition) is 4. The number of pyridine rings is 1. The third-order valence-corrected chi connectivity index (χ3v) is 4.64. The SMILES string of the molecule is O=C(OCCN1CCCCC1)c1cn2c(ccc3ccccc32)n1. The van der Waals surface area contributed by atoms with E-state index in [1.54, 1.807) is 6.20 Å². The molecule has 0 amide bonds. The molecule has 124 valence electrons. The molecular formula is C19H21N3O2. The van der Waals surface area contributed by atoms with E-state index in [0.29, 0.717) is 12.3 Å². The number of imidazole rings is 1. The van der Waals surface area contributed by atoms with Gasteiger partial charge in [0, 0.05) is 12.7 Å². The second-order valence-electron chi connectivity index (χ2n) is 6.28. The van der Waals surface area contributed by atoms with Gasteiger partial charge in [-0.05, 0) is 49.5 Å². The van der Waals surface area contributed by atoms with Gasteiger partial charge in [0.15, 0.2) is 5.69 Å². The van der Waals surface area contributed by atoms with Crippen LogP contribution in [0.5, 0.6) is 0 Å². The largest absolute Gasteiger partial charge is 0.460 e. The van der Waals surface area contributed by atoms with E-state index in [-0.39, 0.29) is 5.97 Å². The summed E-state index contributed by atoms with van der Waals surface area (Å²) in [4.78, 5) is 19.0. The van der Waals surface area contributed by atoms with E-state index in [9.17, 15) is 4.79 Å². The van der Waals surface area contributed by atoms with Crippen molar-refractivity contribution < 1.29 is 9.53 Å². The van der Waals surface area contributed by atoms with Crippen LogP contribution in [0.2, 0.25) is 0 Å². The van der Waals surface area contributed by atoms with Gasteiger partial charge in [-0.15, -0.1) is 0 Å². The highest BCUT2D eigenvalue weighted by molar-refractivity contribution is 5.89. The summed E-state index contributed by atoms with van der Waals surface area (Å²) in [7, 11) is 0. The Hall–Kier alpha value is -2.40. The summed E-state index contributed by atoms with van der Waals surface area (Å²) in [6, 6.07) is 12.0. The van der Waals surface area contributed by atoms with Crippen LogP contribution in [0.4, 0.5) is 0 Å². The molecule has 5 nitrogen and oxygen atoms in total. The lowest BCUT2D eigenvalue weighted by Gasteiger charge is -2.25. The minimum Gasteiger partial charge on any atom is -0.460 e. The first-order valence-corrected chi connectivity index (χ1v) is 8.57. The normalized spacial score (nSPS) is 15.8. The van der Waals surface area contributed by atoms with Crippen LogP contribution in [0.1, 0.15) is 29.8 Å². The van der Waals surface area contributed by atoms with E-state index in [1.165, 1.54) is 19.3 Å². The van der Waals surface area contributed by atoms with E-state index in [0.717, 1.165) is 36.2 Å². The average molecular weight is 323 g/mol. The molecule has 5 heteroatoms. The van der Waals surface area contributed by atoms with Gasteiger partial charge >= 0.3 is 5.97 Å². The van der Waals surface area contributed by atoms with Gasteiger partial charge in [-0.25, -0.2) is 9.78 Å². The molecule has 0 aliphatic carbocycles. The lowest BCUT2D eigenvalue weighted by atomic mass is 10.1. The molecule has 0 saturated carbocycles. The number of rotatable bonds is 4. The van der Waals surface area contributed by atoms with Crippen molar-refractivity contribution in [3.63, 3.8) is 0 Å². The lowest BCUT2D eigenvalue weighted by Crippen LogP contribution is -2.33. The molecule has 2 aromatic heterocycles. The minimum atomic E-state index is -0.347. The van der Waals surface area contributed by atoms with Crippen LogP contribution in [0.25, 0.3) is 16.6 Å². The Morgan fingerprint density at radius 1 is 1.08 bits per heavy atom. The Labute approximate surface area is 140 Å². The Morgan fingerprint density at radius 2 is 1.92 bits per heavy atom. The smallest absolute Gasteiger partial charge is 0.358 e. The number of esters is 1. The molecule has 4 rings (SSSR count). The van der Waals surface area contributed by atoms with Gasteiger partial charge in [-0.2, -0.15) is 0 Å². The van der Waals surface area contributed by atoms with Crippen molar-refractivity contribution >= 4 is 22.5 Å². The zero-order chi connectivity index (χ0) is 16.4. The predicted octanol–water partition coefficient (Wildman–Crippen LogP) is 3.13. The Kier molecular flexibility index (Phi) is 4.17. The predicted molar refractivity (Wildman–Crippen MR) is 93.3 cm³/mol. The van der Waals surface area contributed by atoms with Crippen LogP contribution in [-0.4, -0.2) is 46.5 Å². The lowest BCUT2D eigenvalue weighted by molar-refractivity contribution is 0.0446. The second-order valence-corrected chi connectivity index (χ2v) is 6.28. The standard InChI is InChI=1S/C19H21N3O2/c23-19(24-13-12-21-10-4-1-5-11-21)16-14-22-17-7-3-2-6-15(17)8-9-18(22)20-16/h2-3,6-9,14H,1,4-5,10-13H2. The molecule has 0 spiro atoms. The van der Waals surface area contributed by atoms with Crippen LogP contribution < -0.4 is 0 Å². The monoisotopic (exact) mass is 323 g/mol. The van der Waals surface area contributed by atoms with Crippen LogP contribution in [0, 0.1) is 0 Å². The molecule has 24 heavy (non-hydrogen) atoms. The maximum atomic E-state index is 12.3. The molecule has 1 aliphatic heterocycles. The van der Waals surface area contributed by atoms with E-state index < -0.39 is 0 Å². The van der Waals surface area contributed by atoms with Crippen molar-refractivity contribution in [2.75, 3.05) is 26.2 Å². The van der Waals surface area contributed by atoms with Crippen molar-refractivity contribution in [3.05, 3.63) is 48.3 Å². The fraction of sp³-hybridized carbons (Fsp3) is 0.368. The Bertz CT molecular complexity index is 865. The van der Waals surface area contributed by atoms with Gasteiger partial charge in [-0.1, -0.05) is 24.6 Å². The number of para-hydroxylation sites is 1. The molecule has 1 aromatic carbocycles. The first-order chi connectivity index (χ1) is 11.8. The van der Waals surface area contributed by atoms with E-state index >= 15 is 0 Å². The van der Waals surface area contributed by atoms with Crippen molar-refractivity contribution in [2.45, 2.75) is 19.3 Å². The maximum absolute atomic E-state index is 12.3. The molecule has 1 fully saturated rings. The number of ether oxygens (including phenoxy) is 1. The zero-order valence-corrected chi connectivity index (χ0v) is 13.6. The van der Waals surface area contributed by atoms with Gasteiger partial charge in [-0.3, -0.25) is 9.30 Å². The molecule has 0 bridgehead atoms. The average Bonchev–Trinajstić information content (AvgIpc) is 3.07. The zero-order valence-electron chi connectivity index (χ0n) is 13.6. The summed E-state index contributed by atoms with van der Waals surface area (Å²) < 4.78 is 7.36. The topological polar surface area (TPSA) is 46.8 Å². The Balaban J connectivity index is 1.47. The van der Waals surface area contributed by atoms with Crippen molar-refractivity contribution in [2.24, 2.45) is 0 Å². The summed E-state index contributed by atoms with van der Waals surface area (Å²) in [5.74, 6) is -0.347. The first kappa shape index (κ1) is 15.1. The van der Waals surface area contributed by atoms with Crippen LogP contribution in [-0.2, 0) is 4.74 Å². The molecule has 0 atom stereocenters. The van der Waals surface area contributed by atoms with Crippen molar-refractivity contribution in [1.29, 1.82) is 0 Å². The summed E-state index contributed by atoms with van der Waals surface area (Å²) in [5, 5.41) is 1.12. The number of carbonyl (C=O) groups is 1. The van der Waals surface area contributed by atoms with Crippen LogP contribution in [0.3, 0.4) is 0 Å². The number of aromatic nitrogens is 2. The van der Waals surface area contributed by atoms with E-state index in [2.05, 4.69) is 9.88 Å². The van der Waals surface area contributed by atoms with Crippen molar-refractivity contribution in [3.8, 4) is 0 Å². The van der Waals surface area contributed by atoms with Crippen LogP contribution in [0.15, 0.2) is 42.6 Å². The van der Waals surface area contributed by atoms with Crippen LogP contribution >= 0.6 is 0 Å². The Morgan fingerprint density at radius 3 is 2.79 bits per heavy atom. The highest BCUT2D eigenvalue weighted by Crippen LogP contribution is 2.17. The van der Waals surface area contributed by atoms with E-state index in [1.807, 2.05) is 40.8 Å². The highest BCUT2D eigenvalue weighted by Gasteiger charge is 2.15. The molecule has 0 unspecified atom stereocenters. The number of benzene rings is 1. The molecule has 3 heterocycles. The fourth-order valence-corrected chi connectivity index (χ4v) is 3.34. The van der Waals surface area contributed by atoms with E-state index in [4.69, 9.17) is 4.74 Å². The van der Waals surface area contributed by atoms with Gasteiger partial charge in [0.25, 0.3) is 0 Å². The molecule has 1 aliphatic rings. The van der Waals surface area contributed by atoms with Gasteiger partial charge in [0.1, 0.15) is 12.3 Å².